The van der Waals surface area contributed by atoms with E-state index in [4.69, 9.17) is 4.74 Å². The molecule has 2 aliphatic carbocycles. The molecule has 0 aliphatic heterocycles. The SMILES string of the molecule is COc1ccc(C2CC3C(=O)c4ccccc4C(=O)C32)cc1. The van der Waals surface area contributed by atoms with E-state index in [0.717, 1.165) is 17.7 Å². The molecule has 0 aromatic heterocycles. The van der Waals surface area contributed by atoms with E-state index in [1.807, 2.05) is 36.4 Å². The quantitative estimate of drug-likeness (QED) is 0.851. The fourth-order valence-corrected chi connectivity index (χ4v) is 3.77. The van der Waals surface area contributed by atoms with Crippen LogP contribution in [0.5, 0.6) is 5.75 Å². The highest BCUT2D eigenvalue weighted by Crippen LogP contribution is 2.52. The minimum absolute atomic E-state index is 0.118. The topological polar surface area (TPSA) is 43.4 Å². The van der Waals surface area contributed by atoms with Gasteiger partial charge in [0.2, 0.25) is 0 Å². The number of carbonyl (C=O) groups excluding carboxylic acids is 2. The van der Waals surface area contributed by atoms with Crippen molar-refractivity contribution >= 4 is 11.6 Å². The second-order valence-corrected chi connectivity index (χ2v) is 6.02. The van der Waals surface area contributed by atoms with E-state index >= 15 is 0 Å². The first kappa shape index (κ1) is 13.3. The van der Waals surface area contributed by atoms with Gasteiger partial charge in [0, 0.05) is 23.0 Å². The lowest BCUT2D eigenvalue weighted by Gasteiger charge is -2.46. The zero-order valence-electron chi connectivity index (χ0n) is 12.3. The zero-order chi connectivity index (χ0) is 15.3. The van der Waals surface area contributed by atoms with Gasteiger partial charge in [-0.1, -0.05) is 36.4 Å². The standard InChI is InChI=1S/C19H16O3/c1-22-12-8-6-11(7-9-12)15-10-16-17(15)19(21)14-5-3-2-4-13(14)18(16)20/h2-9,15-17H,10H2,1H3. The second kappa shape index (κ2) is 4.80. The number of hydrogen-bond acceptors (Lipinski definition) is 3. The number of carbonyl (C=O) groups is 2. The fraction of sp³-hybridized carbons (Fsp3) is 0.263. The molecule has 0 amide bonds. The van der Waals surface area contributed by atoms with E-state index in [2.05, 4.69) is 0 Å². The molecule has 2 aromatic carbocycles. The first-order chi connectivity index (χ1) is 10.7. The minimum atomic E-state index is -0.198. The van der Waals surface area contributed by atoms with Crippen LogP contribution in [0.15, 0.2) is 48.5 Å². The largest absolute Gasteiger partial charge is 0.497 e. The molecular formula is C19H16O3. The second-order valence-electron chi connectivity index (χ2n) is 6.02. The number of ketones is 2. The number of rotatable bonds is 2. The van der Waals surface area contributed by atoms with Crippen molar-refractivity contribution in [1.82, 2.24) is 0 Å². The number of fused-ring (bicyclic) bond motifs is 2. The van der Waals surface area contributed by atoms with Gasteiger partial charge in [-0.05, 0) is 30.0 Å². The summed E-state index contributed by atoms with van der Waals surface area (Å²) in [7, 11) is 1.63. The van der Waals surface area contributed by atoms with E-state index in [9.17, 15) is 9.59 Å². The summed E-state index contributed by atoms with van der Waals surface area (Å²) in [6.07, 6.45) is 0.760. The number of hydrogen-bond donors (Lipinski definition) is 0. The first-order valence-electron chi connectivity index (χ1n) is 7.52. The summed E-state index contributed by atoms with van der Waals surface area (Å²) in [6.45, 7) is 0. The molecule has 1 saturated carbocycles. The van der Waals surface area contributed by atoms with Crippen molar-refractivity contribution in [3.8, 4) is 5.75 Å². The third-order valence-corrected chi connectivity index (χ3v) is 5.02. The zero-order valence-corrected chi connectivity index (χ0v) is 12.3. The van der Waals surface area contributed by atoms with Crippen molar-refractivity contribution in [3.63, 3.8) is 0 Å². The summed E-state index contributed by atoms with van der Waals surface area (Å²) < 4.78 is 5.17. The third kappa shape index (κ3) is 1.75. The Kier molecular flexibility index (Phi) is 2.89. The summed E-state index contributed by atoms with van der Waals surface area (Å²) in [5.41, 5.74) is 2.30. The summed E-state index contributed by atoms with van der Waals surface area (Å²) >= 11 is 0. The Labute approximate surface area is 128 Å². The molecule has 1 fully saturated rings. The number of benzene rings is 2. The molecule has 2 aliphatic rings. The summed E-state index contributed by atoms with van der Waals surface area (Å²) in [6, 6.07) is 15.0. The molecule has 3 nitrogen and oxygen atoms in total. The fourth-order valence-electron chi connectivity index (χ4n) is 3.77. The van der Waals surface area contributed by atoms with Gasteiger partial charge in [-0.25, -0.2) is 0 Å². The van der Waals surface area contributed by atoms with Gasteiger partial charge in [0.15, 0.2) is 11.6 Å². The average molecular weight is 292 g/mol. The predicted octanol–water partition coefficient (Wildman–Crippen LogP) is 3.49. The molecule has 2 aromatic rings. The lowest BCUT2D eigenvalue weighted by molar-refractivity contribution is 0.0514. The Balaban J connectivity index is 1.69. The van der Waals surface area contributed by atoms with Gasteiger partial charge in [-0.3, -0.25) is 9.59 Å². The van der Waals surface area contributed by atoms with E-state index in [1.54, 1.807) is 19.2 Å². The van der Waals surface area contributed by atoms with Crippen LogP contribution < -0.4 is 4.74 Å². The molecular weight excluding hydrogens is 276 g/mol. The maximum atomic E-state index is 12.8. The van der Waals surface area contributed by atoms with E-state index < -0.39 is 0 Å². The lowest BCUT2D eigenvalue weighted by atomic mass is 9.55. The molecule has 3 heteroatoms. The molecule has 0 bridgehead atoms. The summed E-state index contributed by atoms with van der Waals surface area (Å²) in [5.74, 6) is 0.847. The van der Waals surface area contributed by atoms with Crippen LogP contribution in [0, 0.1) is 11.8 Å². The van der Waals surface area contributed by atoms with Crippen LogP contribution >= 0.6 is 0 Å². The van der Waals surface area contributed by atoms with E-state index in [1.165, 1.54) is 0 Å². The molecule has 0 heterocycles. The van der Waals surface area contributed by atoms with Crippen molar-refractivity contribution in [2.24, 2.45) is 11.8 Å². The van der Waals surface area contributed by atoms with Gasteiger partial charge in [-0.2, -0.15) is 0 Å². The monoisotopic (exact) mass is 292 g/mol. The molecule has 0 saturated heterocycles. The van der Waals surface area contributed by atoms with Crippen molar-refractivity contribution in [2.45, 2.75) is 12.3 Å². The van der Waals surface area contributed by atoms with Crippen LogP contribution in [0.1, 0.15) is 38.6 Å². The Hall–Kier alpha value is -2.42. The van der Waals surface area contributed by atoms with Crippen molar-refractivity contribution < 1.29 is 14.3 Å². The Morgan fingerprint density at radius 3 is 2.14 bits per heavy atom. The molecule has 4 rings (SSSR count). The average Bonchev–Trinajstić information content (AvgIpc) is 2.53. The Morgan fingerprint density at radius 2 is 1.50 bits per heavy atom. The smallest absolute Gasteiger partial charge is 0.168 e. The van der Waals surface area contributed by atoms with Crippen LogP contribution in [0.3, 0.4) is 0 Å². The predicted molar refractivity (Wildman–Crippen MR) is 82.4 cm³/mol. The van der Waals surface area contributed by atoms with Gasteiger partial charge >= 0.3 is 0 Å². The van der Waals surface area contributed by atoms with Crippen LogP contribution in [0.25, 0.3) is 0 Å². The molecule has 0 N–H and O–H groups in total. The maximum Gasteiger partial charge on any atom is 0.168 e. The Morgan fingerprint density at radius 1 is 0.864 bits per heavy atom. The summed E-state index contributed by atoms with van der Waals surface area (Å²) in [4.78, 5) is 25.3. The van der Waals surface area contributed by atoms with Crippen molar-refractivity contribution in [1.29, 1.82) is 0 Å². The van der Waals surface area contributed by atoms with Gasteiger partial charge in [0.1, 0.15) is 5.75 Å². The number of Topliss-reactive ketones (excluding diaryl/α,β-unsaturated/α-hetero) is 2. The maximum absolute atomic E-state index is 12.8. The Bertz CT molecular complexity index is 761. The minimum Gasteiger partial charge on any atom is -0.497 e. The van der Waals surface area contributed by atoms with Gasteiger partial charge in [-0.15, -0.1) is 0 Å². The van der Waals surface area contributed by atoms with Crippen LogP contribution in [-0.4, -0.2) is 18.7 Å². The highest BCUT2D eigenvalue weighted by atomic mass is 16.5. The van der Waals surface area contributed by atoms with E-state index in [-0.39, 0.29) is 29.3 Å². The summed E-state index contributed by atoms with van der Waals surface area (Å²) in [5, 5.41) is 0. The molecule has 110 valence electrons. The number of methoxy groups -OCH3 is 1. The molecule has 3 atom stereocenters. The van der Waals surface area contributed by atoms with Gasteiger partial charge in [0.05, 0.1) is 7.11 Å². The third-order valence-electron chi connectivity index (χ3n) is 5.02. The van der Waals surface area contributed by atoms with Crippen molar-refractivity contribution in [3.05, 3.63) is 65.2 Å². The molecule has 0 spiro atoms. The molecule has 22 heavy (non-hydrogen) atoms. The van der Waals surface area contributed by atoms with Crippen LogP contribution in [0.2, 0.25) is 0 Å². The highest BCUT2D eigenvalue weighted by Gasteiger charge is 2.53. The van der Waals surface area contributed by atoms with Crippen LogP contribution in [0.4, 0.5) is 0 Å². The highest BCUT2D eigenvalue weighted by molar-refractivity contribution is 6.17. The van der Waals surface area contributed by atoms with E-state index in [0.29, 0.717) is 11.1 Å². The van der Waals surface area contributed by atoms with Gasteiger partial charge in [0.25, 0.3) is 0 Å². The number of ether oxygens (including phenoxy) is 1. The molecule has 3 unspecified atom stereocenters. The van der Waals surface area contributed by atoms with Gasteiger partial charge < -0.3 is 4.74 Å². The van der Waals surface area contributed by atoms with Crippen molar-refractivity contribution in [2.75, 3.05) is 7.11 Å². The lowest BCUT2D eigenvalue weighted by Crippen LogP contribution is -2.48. The molecule has 0 radical (unpaired) electrons. The van der Waals surface area contributed by atoms with Crippen LogP contribution in [-0.2, 0) is 0 Å². The normalized spacial score (nSPS) is 26.0. The first-order valence-corrected chi connectivity index (χ1v) is 7.52.